The van der Waals surface area contributed by atoms with Gasteiger partial charge in [-0.1, -0.05) is 37.3 Å². The molecule has 1 saturated heterocycles. The van der Waals surface area contributed by atoms with Crippen molar-refractivity contribution in [1.29, 1.82) is 0 Å². The third-order valence-electron chi connectivity index (χ3n) is 4.23. The van der Waals surface area contributed by atoms with Crippen LogP contribution < -0.4 is 11.1 Å². The molecule has 0 aromatic heterocycles. The van der Waals surface area contributed by atoms with Crippen LogP contribution in [0.3, 0.4) is 0 Å². The Hall–Kier alpha value is -1.46. The minimum absolute atomic E-state index is 0.109. The molecule has 0 bridgehead atoms. The second-order valence-electron chi connectivity index (χ2n) is 5.48. The third-order valence-corrected chi connectivity index (χ3v) is 4.62. The van der Waals surface area contributed by atoms with Crippen molar-refractivity contribution in [1.82, 2.24) is 0 Å². The minimum atomic E-state index is -0.791. The van der Waals surface area contributed by atoms with Crippen LogP contribution in [0.2, 0.25) is 0 Å². The lowest BCUT2D eigenvalue weighted by Gasteiger charge is -2.35. The van der Waals surface area contributed by atoms with Crippen molar-refractivity contribution in [2.24, 2.45) is 11.1 Å². The van der Waals surface area contributed by atoms with Gasteiger partial charge in [-0.05, 0) is 37.3 Å². The summed E-state index contributed by atoms with van der Waals surface area (Å²) in [5.74, 6) is -0.109. The normalized spacial score (nSPS) is 17.2. The first kappa shape index (κ1) is 15.9. The summed E-state index contributed by atoms with van der Waals surface area (Å²) in [6, 6.07) is 6.02. The first-order valence-electron chi connectivity index (χ1n) is 7.29. The predicted octanol–water partition coefficient (Wildman–Crippen LogP) is 2.58. The highest BCUT2D eigenvalue weighted by molar-refractivity contribution is 7.80. The number of nitrogens with one attached hydrogen (secondary N) is 1. The maximum atomic E-state index is 12.8. The highest BCUT2D eigenvalue weighted by Crippen LogP contribution is 2.33. The molecule has 1 aliphatic rings. The van der Waals surface area contributed by atoms with Gasteiger partial charge >= 0.3 is 0 Å². The van der Waals surface area contributed by atoms with Gasteiger partial charge in [0.1, 0.15) is 5.41 Å². The number of aryl methyl sites for hydroxylation is 2. The van der Waals surface area contributed by atoms with E-state index in [-0.39, 0.29) is 10.9 Å². The first-order valence-corrected chi connectivity index (χ1v) is 7.69. The van der Waals surface area contributed by atoms with Gasteiger partial charge in [0, 0.05) is 18.9 Å². The zero-order valence-corrected chi connectivity index (χ0v) is 13.4. The van der Waals surface area contributed by atoms with Gasteiger partial charge in [0.15, 0.2) is 0 Å². The lowest BCUT2D eigenvalue weighted by atomic mass is 9.79. The number of amides is 1. The summed E-state index contributed by atoms with van der Waals surface area (Å²) in [4.78, 5) is 13.1. The van der Waals surface area contributed by atoms with Crippen LogP contribution in [0.25, 0.3) is 0 Å². The fraction of sp³-hybridized carbons (Fsp3) is 0.500. The van der Waals surface area contributed by atoms with Gasteiger partial charge in [-0.3, -0.25) is 4.79 Å². The van der Waals surface area contributed by atoms with Gasteiger partial charge in [0.05, 0.1) is 4.99 Å². The zero-order valence-electron chi connectivity index (χ0n) is 12.6. The molecular weight excluding hydrogens is 284 g/mol. The monoisotopic (exact) mass is 306 g/mol. The number of rotatable bonds is 4. The molecular formula is C16H22N2O2S. The maximum absolute atomic E-state index is 12.8. The number of anilines is 1. The standard InChI is InChI=1S/C16H22N2O2S/c1-3-12-6-4-5-11(2)13(12)18-15(19)16(14(17)21)7-9-20-10-8-16/h4-6H,3,7-10H2,1-2H3,(H2,17,21)(H,18,19). The molecule has 0 saturated carbocycles. The van der Waals surface area contributed by atoms with Crippen LogP contribution in [0.15, 0.2) is 18.2 Å². The highest BCUT2D eigenvalue weighted by atomic mass is 32.1. The van der Waals surface area contributed by atoms with Crippen LogP contribution in [0.1, 0.15) is 30.9 Å². The number of carbonyl (C=O) groups is 1. The van der Waals surface area contributed by atoms with Crippen LogP contribution in [-0.2, 0) is 16.0 Å². The molecule has 1 aromatic rings. The molecule has 0 aliphatic carbocycles. The molecule has 4 nitrogen and oxygen atoms in total. The summed E-state index contributed by atoms with van der Waals surface area (Å²) < 4.78 is 5.35. The Morgan fingerprint density at radius 1 is 1.43 bits per heavy atom. The number of carbonyl (C=O) groups excluding carboxylic acids is 1. The van der Waals surface area contributed by atoms with E-state index in [4.69, 9.17) is 22.7 Å². The molecule has 21 heavy (non-hydrogen) atoms. The van der Waals surface area contributed by atoms with E-state index in [2.05, 4.69) is 12.2 Å². The number of nitrogens with two attached hydrogens (primary N) is 1. The Bertz CT molecular complexity index is 551. The zero-order chi connectivity index (χ0) is 15.5. The summed E-state index contributed by atoms with van der Waals surface area (Å²) >= 11 is 5.18. The molecule has 1 aliphatic heterocycles. The van der Waals surface area contributed by atoms with Crippen molar-refractivity contribution < 1.29 is 9.53 Å². The Labute approximate surface area is 131 Å². The van der Waals surface area contributed by atoms with Crippen molar-refractivity contribution in [3.63, 3.8) is 0 Å². The van der Waals surface area contributed by atoms with Crippen molar-refractivity contribution in [2.75, 3.05) is 18.5 Å². The van der Waals surface area contributed by atoms with Gasteiger partial charge in [-0.2, -0.15) is 0 Å². The van der Waals surface area contributed by atoms with Crippen LogP contribution in [-0.4, -0.2) is 24.1 Å². The van der Waals surface area contributed by atoms with Crippen LogP contribution in [0, 0.1) is 12.3 Å². The van der Waals surface area contributed by atoms with Gasteiger partial charge in [0.2, 0.25) is 5.91 Å². The average Bonchev–Trinajstić information content (AvgIpc) is 2.49. The second kappa shape index (κ2) is 6.54. The van der Waals surface area contributed by atoms with Crippen LogP contribution >= 0.6 is 12.2 Å². The van der Waals surface area contributed by atoms with E-state index in [1.54, 1.807) is 0 Å². The van der Waals surface area contributed by atoms with Crippen LogP contribution in [0.4, 0.5) is 5.69 Å². The van der Waals surface area contributed by atoms with Gasteiger partial charge in [0.25, 0.3) is 0 Å². The van der Waals surface area contributed by atoms with E-state index in [1.807, 2.05) is 25.1 Å². The lowest BCUT2D eigenvalue weighted by molar-refractivity contribution is -0.126. The summed E-state index contributed by atoms with van der Waals surface area (Å²) in [5, 5.41) is 3.06. The number of ether oxygens (including phenoxy) is 1. The van der Waals surface area contributed by atoms with E-state index in [9.17, 15) is 4.79 Å². The summed E-state index contributed by atoms with van der Waals surface area (Å²) in [6.07, 6.45) is 1.95. The van der Waals surface area contributed by atoms with E-state index in [1.165, 1.54) is 0 Å². The quantitative estimate of drug-likeness (QED) is 0.839. The Kier molecular flexibility index (Phi) is 4.96. The molecule has 1 amide bonds. The van der Waals surface area contributed by atoms with Crippen LogP contribution in [0.5, 0.6) is 0 Å². The molecule has 0 radical (unpaired) electrons. The molecule has 5 heteroatoms. The summed E-state index contributed by atoms with van der Waals surface area (Å²) in [5.41, 5.74) is 8.14. The molecule has 0 atom stereocenters. The molecule has 2 rings (SSSR count). The Balaban J connectivity index is 2.30. The van der Waals surface area contributed by atoms with E-state index in [0.717, 1.165) is 23.2 Å². The van der Waals surface area contributed by atoms with Crippen molar-refractivity contribution in [2.45, 2.75) is 33.1 Å². The smallest absolute Gasteiger partial charge is 0.237 e. The topological polar surface area (TPSA) is 64.4 Å². The lowest BCUT2D eigenvalue weighted by Crippen LogP contribution is -2.49. The maximum Gasteiger partial charge on any atom is 0.237 e. The molecule has 114 valence electrons. The van der Waals surface area contributed by atoms with Gasteiger partial charge in [-0.25, -0.2) is 0 Å². The van der Waals surface area contributed by atoms with Crippen molar-refractivity contribution in [3.05, 3.63) is 29.3 Å². The van der Waals surface area contributed by atoms with E-state index < -0.39 is 5.41 Å². The van der Waals surface area contributed by atoms with E-state index in [0.29, 0.717) is 26.1 Å². The second-order valence-corrected chi connectivity index (χ2v) is 5.92. The Morgan fingerprint density at radius 2 is 2.10 bits per heavy atom. The Morgan fingerprint density at radius 3 is 2.67 bits per heavy atom. The SMILES string of the molecule is CCc1cccc(C)c1NC(=O)C1(C(N)=S)CCOCC1. The highest BCUT2D eigenvalue weighted by Gasteiger charge is 2.43. The predicted molar refractivity (Wildman–Crippen MR) is 88.5 cm³/mol. The van der Waals surface area contributed by atoms with E-state index >= 15 is 0 Å². The number of thiocarbonyl (C=S) groups is 1. The number of hydrogen-bond donors (Lipinski definition) is 2. The van der Waals surface area contributed by atoms with Crippen molar-refractivity contribution in [3.8, 4) is 0 Å². The van der Waals surface area contributed by atoms with Gasteiger partial charge < -0.3 is 15.8 Å². The molecule has 0 spiro atoms. The average molecular weight is 306 g/mol. The fourth-order valence-corrected chi connectivity index (χ4v) is 3.04. The molecule has 0 unspecified atom stereocenters. The summed E-state index contributed by atoms with van der Waals surface area (Å²) in [6.45, 7) is 5.09. The first-order chi connectivity index (χ1) is 10.0. The minimum Gasteiger partial charge on any atom is -0.392 e. The molecule has 1 heterocycles. The largest absolute Gasteiger partial charge is 0.392 e. The van der Waals surface area contributed by atoms with Crippen molar-refractivity contribution >= 4 is 28.8 Å². The summed E-state index contributed by atoms with van der Waals surface area (Å²) in [7, 11) is 0. The fourth-order valence-electron chi connectivity index (χ4n) is 2.74. The number of para-hydroxylation sites is 1. The number of hydrogen-bond acceptors (Lipinski definition) is 3. The molecule has 1 aromatic carbocycles. The third kappa shape index (κ3) is 3.09. The molecule has 1 fully saturated rings. The molecule has 3 N–H and O–H groups in total. The number of benzene rings is 1. The van der Waals surface area contributed by atoms with Gasteiger partial charge in [-0.15, -0.1) is 0 Å².